The largest absolute Gasteiger partial charge is 0.253 e. The Morgan fingerprint density at radius 2 is 1.40 bits per heavy atom. The van der Waals surface area contributed by atoms with Crippen molar-refractivity contribution in [2.24, 2.45) is 0 Å². The topological polar surface area (TPSA) is 12.9 Å². The van der Waals surface area contributed by atoms with Crippen molar-refractivity contribution in [1.29, 1.82) is 0 Å². The Morgan fingerprint density at radius 1 is 0.650 bits per heavy atom. The molecular weight excluding hydrogens is 242 g/mol. The number of para-hydroxylation sites is 1. The average molecular weight is 261 g/mol. The Morgan fingerprint density at radius 3 is 2.30 bits per heavy atom. The van der Waals surface area contributed by atoms with Crippen LogP contribution in [0.3, 0.4) is 0 Å². The number of fused-ring (bicyclic) bond motifs is 1. The third-order valence-corrected chi connectivity index (χ3v) is 3.65. The second-order valence-electron chi connectivity index (χ2n) is 5.19. The van der Waals surface area contributed by atoms with Gasteiger partial charge < -0.3 is 0 Å². The van der Waals surface area contributed by atoms with Crippen LogP contribution in [0.15, 0.2) is 66.7 Å². The molecule has 0 saturated heterocycles. The van der Waals surface area contributed by atoms with Crippen LogP contribution in [0.1, 0.15) is 24.1 Å². The summed E-state index contributed by atoms with van der Waals surface area (Å²) in [5.74, 6) is 0. The number of nitrogens with zero attached hydrogens (tertiary/aromatic N) is 1. The van der Waals surface area contributed by atoms with Crippen LogP contribution < -0.4 is 0 Å². The molecule has 20 heavy (non-hydrogen) atoms. The van der Waals surface area contributed by atoms with Gasteiger partial charge in [-0.3, -0.25) is 4.98 Å². The number of hydrogen-bond donors (Lipinski definition) is 0. The van der Waals surface area contributed by atoms with E-state index in [-0.39, 0.29) is 0 Å². The van der Waals surface area contributed by atoms with E-state index in [0.29, 0.717) is 0 Å². The van der Waals surface area contributed by atoms with E-state index in [0.717, 1.165) is 18.4 Å². The maximum Gasteiger partial charge on any atom is 0.0705 e. The van der Waals surface area contributed by atoms with Crippen molar-refractivity contribution in [3.8, 4) is 0 Å². The molecule has 0 radical (unpaired) electrons. The lowest BCUT2D eigenvalue weighted by Crippen LogP contribution is -1.92. The third kappa shape index (κ3) is 3.24. The van der Waals surface area contributed by atoms with Crippen molar-refractivity contribution in [2.45, 2.75) is 25.7 Å². The smallest absolute Gasteiger partial charge is 0.0705 e. The minimum absolute atomic E-state index is 1.07. The molecule has 0 saturated carbocycles. The zero-order valence-corrected chi connectivity index (χ0v) is 11.6. The number of rotatable bonds is 5. The molecule has 3 aromatic rings. The van der Waals surface area contributed by atoms with Gasteiger partial charge in [0.05, 0.1) is 5.52 Å². The fourth-order valence-electron chi connectivity index (χ4n) is 2.53. The van der Waals surface area contributed by atoms with E-state index in [1.165, 1.54) is 29.5 Å². The van der Waals surface area contributed by atoms with Crippen LogP contribution in [0.4, 0.5) is 0 Å². The van der Waals surface area contributed by atoms with Crippen molar-refractivity contribution in [1.82, 2.24) is 4.98 Å². The van der Waals surface area contributed by atoms with Crippen molar-refractivity contribution in [3.63, 3.8) is 0 Å². The highest BCUT2D eigenvalue weighted by atomic mass is 14.7. The number of benzene rings is 2. The van der Waals surface area contributed by atoms with Crippen molar-refractivity contribution < 1.29 is 0 Å². The van der Waals surface area contributed by atoms with Gasteiger partial charge in [0.2, 0.25) is 0 Å². The first-order chi connectivity index (χ1) is 9.92. The zero-order chi connectivity index (χ0) is 13.6. The predicted octanol–water partition coefficient (Wildman–Crippen LogP) is 4.80. The lowest BCUT2D eigenvalue weighted by molar-refractivity contribution is 0.724. The third-order valence-electron chi connectivity index (χ3n) is 3.65. The molecule has 0 aliphatic heterocycles. The van der Waals surface area contributed by atoms with Gasteiger partial charge in [-0.25, -0.2) is 0 Å². The Hall–Kier alpha value is -2.15. The van der Waals surface area contributed by atoms with E-state index in [2.05, 4.69) is 66.7 Å². The highest BCUT2D eigenvalue weighted by Gasteiger charge is 1.99. The van der Waals surface area contributed by atoms with Crippen LogP contribution in [0, 0.1) is 0 Å². The van der Waals surface area contributed by atoms with Gasteiger partial charge >= 0.3 is 0 Å². The van der Waals surface area contributed by atoms with Crippen LogP contribution in [0.5, 0.6) is 0 Å². The molecule has 0 unspecified atom stereocenters. The molecule has 0 N–H and O–H groups in total. The molecule has 1 heteroatoms. The summed E-state index contributed by atoms with van der Waals surface area (Å²) in [6.07, 6.45) is 4.64. The molecule has 1 heterocycles. The molecule has 0 amide bonds. The summed E-state index contributed by atoms with van der Waals surface area (Å²) in [6, 6.07) is 23.3. The van der Waals surface area contributed by atoms with Gasteiger partial charge in [-0.15, -0.1) is 0 Å². The fourth-order valence-corrected chi connectivity index (χ4v) is 2.53. The van der Waals surface area contributed by atoms with Gasteiger partial charge in [-0.1, -0.05) is 54.6 Å². The fraction of sp³-hybridized carbons (Fsp3) is 0.211. The molecule has 0 aliphatic rings. The second-order valence-corrected chi connectivity index (χ2v) is 5.19. The molecule has 0 atom stereocenters. The highest BCUT2D eigenvalue weighted by Crippen LogP contribution is 2.14. The van der Waals surface area contributed by atoms with Crippen molar-refractivity contribution >= 4 is 10.9 Å². The van der Waals surface area contributed by atoms with E-state index >= 15 is 0 Å². The highest BCUT2D eigenvalue weighted by molar-refractivity contribution is 5.78. The molecule has 0 aliphatic carbocycles. The number of hydrogen-bond acceptors (Lipinski definition) is 1. The molecule has 100 valence electrons. The lowest BCUT2D eigenvalue weighted by Gasteiger charge is -2.04. The number of aromatic nitrogens is 1. The van der Waals surface area contributed by atoms with E-state index < -0.39 is 0 Å². The monoisotopic (exact) mass is 261 g/mol. The van der Waals surface area contributed by atoms with E-state index in [4.69, 9.17) is 4.98 Å². The van der Waals surface area contributed by atoms with Gasteiger partial charge in [-0.05, 0) is 43.4 Å². The molecule has 0 bridgehead atoms. The summed E-state index contributed by atoms with van der Waals surface area (Å²) >= 11 is 0. The van der Waals surface area contributed by atoms with Crippen molar-refractivity contribution in [2.75, 3.05) is 0 Å². The first-order valence-electron chi connectivity index (χ1n) is 7.30. The molecular formula is C19H19N. The Labute approximate surface area is 120 Å². The summed E-state index contributed by atoms with van der Waals surface area (Å²) in [7, 11) is 0. The predicted molar refractivity (Wildman–Crippen MR) is 84.8 cm³/mol. The maximum atomic E-state index is 4.72. The van der Waals surface area contributed by atoms with Crippen LogP contribution in [0.2, 0.25) is 0 Å². The average Bonchev–Trinajstić information content (AvgIpc) is 2.52. The van der Waals surface area contributed by atoms with E-state index in [1.54, 1.807) is 0 Å². The van der Waals surface area contributed by atoms with Gasteiger partial charge in [0.1, 0.15) is 0 Å². The Kier molecular flexibility index (Phi) is 4.07. The lowest BCUT2D eigenvalue weighted by atomic mass is 10.1. The second kappa shape index (κ2) is 6.33. The van der Waals surface area contributed by atoms with Crippen LogP contribution in [0.25, 0.3) is 10.9 Å². The normalized spacial score (nSPS) is 10.8. The summed E-state index contributed by atoms with van der Waals surface area (Å²) in [5.41, 5.74) is 3.74. The van der Waals surface area contributed by atoms with Gasteiger partial charge in [0.15, 0.2) is 0 Å². The molecule has 0 fully saturated rings. The summed E-state index contributed by atoms with van der Waals surface area (Å²) in [6.45, 7) is 0. The SMILES string of the molecule is c1ccc(CCCCc2ccc3ccccc3n2)cc1. The van der Waals surface area contributed by atoms with Gasteiger partial charge in [0.25, 0.3) is 0 Å². The first-order valence-corrected chi connectivity index (χ1v) is 7.30. The number of pyridine rings is 1. The summed E-state index contributed by atoms with van der Waals surface area (Å²) in [4.78, 5) is 4.72. The van der Waals surface area contributed by atoms with Gasteiger partial charge in [-0.2, -0.15) is 0 Å². The maximum absolute atomic E-state index is 4.72. The van der Waals surface area contributed by atoms with Crippen LogP contribution >= 0.6 is 0 Å². The van der Waals surface area contributed by atoms with Crippen LogP contribution in [-0.4, -0.2) is 4.98 Å². The quantitative estimate of drug-likeness (QED) is 0.601. The van der Waals surface area contributed by atoms with E-state index in [1.807, 2.05) is 0 Å². The summed E-state index contributed by atoms with van der Waals surface area (Å²) < 4.78 is 0. The molecule has 3 rings (SSSR count). The minimum Gasteiger partial charge on any atom is -0.253 e. The zero-order valence-electron chi connectivity index (χ0n) is 11.6. The standard InChI is InChI=1S/C19H19N/c1-2-8-16(9-3-1)10-4-6-12-18-15-14-17-11-5-7-13-19(17)20-18/h1-3,5,7-9,11,13-15H,4,6,10,12H2. The number of aryl methyl sites for hydroxylation is 2. The van der Waals surface area contributed by atoms with Crippen molar-refractivity contribution in [3.05, 3.63) is 78.0 Å². The molecule has 1 aromatic heterocycles. The van der Waals surface area contributed by atoms with E-state index in [9.17, 15) is 0 Å². The van der Waals surface area contributed by atoms with Gasteiger partial charge in [0, 0.05) is 11.1 Å². The Balaban J connectivity index is 1.55. The van der Waals surface area contributed by atoms with Crippen LogP contribution in [-0.2, 0) is 12.8 Å². The molecule has 0 spiro atoms. The minimum atomic E-state index is 1.07. The Bertz CT molecular complexity index is 673. The first kappa shape index (κ1) is 12.9. The molecule has 2 aromatic carbocycles. The molecule has 1 nitrogen and oxygen atoms in total. The summed E-state index contributed by atoms with van der Waals surface area (Å²) in [5, 5.41) is 1.22. The number of unbranched alkanes of at least 4 members (excludes halogenated alkanes) is 1.